The molecule has 5 nitrogen and oxygen atoms in total. The number of rotatable bonds is 5. The molecule has 1 heterocycles. The van der Waals surface area contributed by atoms with Crippen molar-refractivity contribution in [3.05, 3.63) is 21.9 Å². The number of hydrogen-bond donors (Lipinski definition) is 2. The Morgan fingerprint density at radius 2 is 2.25 bits per heavy atom. The summed E-state index contributed by atoms with van der Waals surface area (Å²) in [6.07, 6.45) is -1.01. The lowest BCUT2D eigenvalue weighted by Crippen LogP contribution is -2.37. The summed E-state index contributed by atoms with van der Waals surface area (Å²) in [5, 5.41) is 14.8. The highest BCUT2D eigenvalue weighted by Crippen LogP contribution is 2.13. The third kappa shape index (κ3) is 3.04. The van der Waals surface area contributed by atoms with E-state index in [9.17, 15) is 9.59 Å². The number of carbonyl (C=O) groups is 2. The van der Waals surface area contributed by atoms with Gasteiger partial charge in [-0.3, -0.25) is 4.79 Å². The Morgan fingerprint density at radius 1 is 1.56 bits per heavy atom. The van der Waals surface area contributed by atoms with Gasteiger partial charge in [-0.2, -0.15) is 11.3 Å². The van der Waals surface area contributed by atoms with Gasteiger partial charge in [0.25, 0.3) is 5.91 Å². The van der Waals surface area contributed by atoms with E-state index in [-0.39, 0.29) is 12.5 Å². The maximum Gasteiger partial charge on any atom is 0.334 e. The zero-order valence-corrected chi connectivity index (χ0v) is 9.84. The van der Waals surface area contributed by atoms with Crippen molar-refractivity contribution < 1.29 is 19.4 Å². The molecule has 0 bridgehead atoms. The van der Waals surface area contributed by atoms with Gasteiger partial charge >= 0.3 is 5.97 Å². The summed E-state index contributed by atoms with van der Waals surface area (Å²) < 4.78 is 4.70. The van der Waals surface area contributed by atoms with Crippen molar-refractivity contribution in [2.75, 3.05) is 13.7 Å². The van der Waals surface area contributed by atoms with E-state index in [1.54, 1.807) is 5.38 Å². The molecule has 1 unspecified atom stereocenters. The molecule has 0 fully saturated rings. The van der Waals surface area contributed by atoms with Crippen LogP contribution in [0.1, 0.15) is 15.9 Å². The molecule has 0 saturated carbocycles. The SMILES string of the molecule is COC(CNC(=O)c1cscc1C)C(=O)O. The molecule has 16 heavy (non-hydrogen) atoms. The van der Waals surface area contributed by atoms with E-state index in [2.05, 4.69) is 5.32 Å². The smallest absolute Gasteiger partial charge is 0.334 e. The molecule has 0 aliphatic heterocycles. The molecular weight excluding hydrogens is 230 g/mol. The number of aryl methyl sites for hydroxylation is 1. The molecule has 1 aromatic rings. The molecule has 0 aliphatic rings. The lowest BCUT2D eigenvalue weighted by molar-refractivity contribution is -0.147. The van der Waals surface area contributed by atoms with Gasteiger partial charge < -0.3 is 15.2 Å². The Labute approximate surface area is 97.0 Å². The van der Waals surface area contributed by atoms with Gasteiger partial charge in [-0.25, -0.2) is 4.79 Å². The van der Waals surface area contributed by atoms with Gasteiger partial charge in [-0.05, 0) is 17.9 Å². The molecule has 2 N–H and O–H groups in total. The molecule has 88 valence electrons. The number of ether oxygens (including phenoxy) is 1. The number of thiophene rings is 1. The van der Waals surface area contributed by atoms with E-state index < -0.39 is 12.1 Å². The normalized spacial score (nSPS) is 12.1. The third-order valence-electron chi connectivity index (χ3n) is 2.11. The van der Waals surface area contributed by atoms with E-state index in [0.29, 0.717) is 5.56 Å². The Kier molecular flexibility index (Phi) is 4.45. The van der Waals surface area contributed by atoms with Gasteiger partial charge in [0, 0.05) is 12.5 Å². The van der Waals surface area contributed by atoms with Crippen molar-refractivity contribution in [1.82, 2.24) is 5.32 Å². The number of carboxylic acids is 1. The fourth-order valence-electron chi connectivity index (χ4n) is 1.15. The van der Waals surface area contributed by atoms with Crippen LogP contribution in [0, 0.1) is 6.92 Å². The Morgan fingerprint density at radius 3 is 2.69 bits per heavy atom. The first-order valence-electron chi connectivity index (χ1n) is 4.63. The lowest BCUT2D eigenvalue weighted by Gasteiger charge is -2.11. The minimum atomic E-state index is -1.09. The van der Waals surface area contributed by atoms with Crippen molar-refractivity contribution in [2.24, 2.45) is 0 Å². The maximum absolute atomic E-state index is 11.6. The standard InChI is InChI=1S/C10H13NO4S/c1-6-4-16-5-7(6)9(12)11-3-8(15-2)10(13)14/h4-5,8H,3H2,1-2H3,(H,11,12)(H,13,14). The average Bonchev–Trinajstić information content (AvgIpc) is 2.64. The first-order chi connectivity index (χ1) is 7.56. The van der Waals surface area contributed by atoms with Crippen LogP contribution < -0.4 is 5.32 Å². The molecule has 1 amide bonds. The van der Waals surface area contributed by atoms with Crippen LogP contribution in [0.3, 0.4) is 0 Å². The second-order valence-corrected chi connectivity index (χ2v) is 3.98. The minimum absolute atomic E-state index is 0.0417. The molecule has 1 rings (SSSR count). The monoisotopic (exact) mass is 243 g/mol. The number of carboxylic acid groups (broad SMARTS) is 1. The maximum atomic E-state index is 11.6. The van der Waals surface area contributed by atoms with Crippen LogP contribution >= 0.6 is 11.3 Å². The molecule has 1 atom stereocenters. The largest absolute Gasteiger partial charge is 0.479 e. The van der Waals surface area contributed by atoms with E-state index in [4.69, 9.17) is 9.84 Å². The molecule has 0 aromatic carbocycles. The van der Waals surface area contributed by atoms with Gasteiger partial charge in [0.2, 0.25) is 0 Å². The van der Waals surface area contributed by atoms with Crippen molar-refractivity contribution in [3.63, 3.8) is 0 Å². The summed E-state index contributed by atoms with van der Waals surface area (Å²) in [6, 6.07) is 0. The van der Waals surface area contributed by atoms with Gasteiger partial charge in [0.1, 0.15) is 0 Å². The minimum Gasteiger partial charge on any atom is -0.479 e. The second kappa shape index (κ2) is 5.62. The summed E-state index contributed by atoms with van der Waals surface area (Å²) >= 11 is 1.43. The zero-order valence-electron chi connectivity index (χ0n) is 9.02. The van der Waals surface area contributed by atoms with Gasteiger partial charge in [0.05, 0.1) is 12.1 Å². The van der Waals surface area contributed by atoms with Crippen molar-refractivity contribution >= 4 is 23.2 Å². The van der Waals surface area contributed by atoms with E-state index >= 15 is 0 Å². The Balaban J connectivity index is 2.53. The number of carbonyl (C=O) groups excluding carboxylic acids is 1. The van der Waals surface area contributed by atoms with Crippen LogP contribution in [-0.2, 0) is 9.53 Å². The molecule has 0 radical (unpaired) electrons. The van der Waals surface area contributed by atoms with Crippen molar-refractivity contribution in [3.8, 4) is 0 Å². The Hall–Kier alpha value is -1.40. The lowest BCUT2D eigenvalue weighted by atomic mass is 10.2. The quantitative estimate of drug-likeness (QED) is 0.805. The zero-order chi connectivity index (χ0) is 12.1. The average molecular weight is 243 g/mol. The summed E-state index contributed by atoms with van der Waals surface area (Å²) in [4.78, 5) is 22.2. The number of hydrogen-bond acceptors (Lipinski definition) is 4. The van der Waals surface area contributed by atoms with Crippen LogP contribution in [-0.4, -0.2) is 36.7 Å². The summed E-state index contributed by atoms with van der Waals surface area (Å²) in [5.74, 6) is -1.37. The molecule has 0 aliphatic carbocycles. The fraction of sp³-hybridized carbons (Fsp3) is 0.400. The fourth-order valence-corrected chi connectivity index (χ4v) is 1.97. The van der Waals surface area contributed by atoms with Crippen LogP contribution in [0.4, 0.5) is 0 Å². The first-order valence-corrected chi connectivity index (χ1v) is 5.57. The molecular formula is C10H13NO4S. The topological polar surface area (TPSA) is 75.6 Å². The predicted molar refractivity (Wildman–Crippen MR) is 59.8 cm³/mol. The summed E-state index contributed by atoms with van der Waals surface area (Å²) in [7, 11) is 1.29. The number of methoxy groups -OCH3 is 1. The molecule has 0 spiro atoms. The van der Waals surface area contributed by atoms with E-state index in [0.717, 1.165) is 5.56 Å². The van der Waals surface area contributed by atoms with E-state index in [1.807, 2.05) is 12.3 Å². The van der Waals surface area contributed by atoms with Gasteiger partial charge in [0.15, 0.2) is 6.10 Å². The van der Waals surface area contributed by atoms with Gasteiger partial charge in [-0.1, -0.05) is 0 Å². The highest BCUT2D eigenvalue weighted by molar-refractivity contribution is 7.08. The Bertz CT molecular complexity index is 388. The van der Waals surface area contributed by atoms with E-state index in [1.165, 1.54) is 18.4 Å². The highest BCUT2D eigenvalue weighted by atomic mass is 32.1. The first kappa shape index (κ1) is 12.7. The van der Waals surface area contributed by atoms with Crippen LogP contribution in [0.25, 0.3) is 0 Å². The second-order valence-electron chi connectivity index (χ2n) is 3.24. The van der Waals surface area contributed by atoms with Crippen molar-refractivity contribution in [1.29, 1.82) is 0 Å². The van der Waals surface area contributed by atoms with Crippen LogP contribution in [0.15, 0.2) is 10.8 Å². The summed E-state index contributed by atoms with van der Waals surface area (Å²) in [5.41, 5.74) is 1.46. The predicted octanol–water partition coefficient (Wildman–Crippen LogP) is 0.886. The molecule has 1 aromatic heterocycles. The number of aliphatic carboxylic acids is 1. The van der Waals surface area contributed by atoms with Crippen molar-refractivity contribution in [2.45, 2.75) is 13.0 Å². The number of amides is 1. The van der Waals surface area contributed by atoms with Gasteiger partial charge in [-0.15, -0.1) is 0 Å². The summed E-state index contributed by atoms with van der Waals surface area (Å²) in [6.45, 7) is 1.79. The number of nitrogens with one attached hydrogen (secondary N) is 1. The molecule has 0 saturated heterocycles. The third-order valence-corrected chi connectivity index (χ3v) is 2.97. The molecule has 6 heteroatoms. The van der Waals surface area contributed by atoms with Crippen LogP contribution in [0.5, 0.6) is 0 Å². The highest BCUT2D eigenvalue weighted by Gasteiger charge is 2.18. The van der Waals surface area contributed by atoms with Crippen LogP contribution in [0.2, 0.25) is 0 Å².